The number of hydrogen-bond acceptors (Lipinski definition) is 15. The smallest absolute Gasteiger partial charge is 0.203 e. The maximum atomic E-state index is 13.4. The molecule has 0 unspecified atom stereocenters. The minimum Gasteiger partial charge on any atom is -0.371 e. The highest BCUT2D eigenvalue weighted by molar-refractivity contribution is 5.76. The normalized spacial score (nSPS) is 19.0. The minimum atomic E-state index is -0.227. The van der Waals surface area contributed by atoms with Crippen molar-refractivity contribution >= 4 is 17.1 Å². The Morgan fingerprint density at radius 3 is 1.41 bits per heavy atom. The molecule has 12 aromatic rings. The molecule has 21 nitrogen and oxygen atoms in total. The first kappa shape index (κ1) is 65.3. The predicted molar refractivity (Wildman–Crippen MR) is 396 cm³/mol. The summed E-state index contributed by atoms with van der Waals surface area (Å²) >= 11 is 0. The quantitative estimate of drug-likeness (QED) is 0.136. The van der Waals surface area contributed by atoms with E-state index in [2.05, 4.69) is 243 Å². The number of nitrogens with zero attached hydrogens (tertiary/aromatic N) is 20. The maximum absolute atomic E-state index is 13.4. The lowest BCUT2D eigenvalue weighted by Gasteiger charge is -2.38. The molecule has 0 aliphatic carbocycles. The Hall–Kier alpha value is -11.3. The first-order valence-electron chi connectivity index (χ1n) is 35.2. The zero-order valence-corrected chi connectivity index (χ0v) is 58.8. The molecule has 0 saturated carbocycles. The number of aromatic nitrogens is 13. The van der Waals surface area contributed by atoms with E-state index in [0.29, 0.717) is 46.9 Å². The number of nitriles is 2. The van der Waals surface area contributed by atoms with E-state index in [9.17, 15) is 4.39 Å². The zero-order valence-electron chi connectivity index (χ0n) is 58.8. The van der Waals surface area contributed by atoms with Gasteiger partial charge in [0.05, 0.1) is 57.4 Å². The van der Waals surface area contributed by atoms with Crippen LogP contribution in [0, 0.1) is 52.2 Å². The van der Waals surface area contributed by atoms with E-state index < -0.39 is 0 Å². The molecule has 0 spiro atoms. The fourth-order valence-corrected chi connectivity index (χ4v) is 16.1. The maximum Gasteiger partial charge on any atom is 0.203 e. The van der Waals surface area contributed by atoms with Crippen molar-refractivity contribution in [2.75, 3.05) is 95.2 Å². The molecule has 6 aromatic heterocycles. The molecule has 0 radical (unpaired) electrons. The molecule has 6 aromatic carbocycles. The van der Waals surface area contributed by atoms with Crippen LogP contribution in [0.4, 0.5) is 21.5 Å². The molecule has 12 heterocycles. The van der Waals surface area contributed by atoms with E-state index in [1.54, 1.807) is 6.33 Å². The van der Waals surface area contributed by atoms with Crippen LogP contribution < -0.4 is 20.0 Å². The van der Waals surface area contributed by atoms with Crippen molar-refractivity contribution in [2.24, 2.45) is 23.7 Å². The molecule has 6 aliphatic rings. The van der Waals surface area contributed by atoms with Crippen molar-refractivity contribution in [1.29, 1.82) is 10.5 Å². The summed E-state index contributed by atoms with van der Waals surface area (Å²) in [5, 5.41) is 47.7. The average Bonchev–Trinajstić information content (AvgIpc) is 1.61. The van der Waals surface area contributed by atoms with Crippen molar-refractivity contribution in [3.63, 3.8) is 0 Å². The highest BCUT2D eigenvalue weighted by atomic mass is 19.1. The molecule has 102 heavy (non-hydrogen) atoms. The van der Waals surface area contributed by atoms with Gasteiger partial charge < -0.3 is 43.5 Å². The van der Waals surface area contributed by atoms with Crippen LogP contribution in [0.5, 0.6) is 0 Å². The van der Waals surface area contributed by atoms with E-state index in [1.165, 1.54) is 45.9 Å². The van der Waals surface area contributed by atoms with E-state index in [1.807, 2.05) is 76.4 Å². The average molecular weight is 1360 g/mol. The molecule has 1 N–H and O–H groups in total. The molecular formula is C80H82FN21. The second-order valence-corrected chi connectivity index (χ2v) is 29.2. The van der Waals surface area contributed by atoms with Crippen LogP contribution in [-0.4, -0.2) is 166 Å². The highest BCUT2D eigenvalue weighted by Gasteiger charge is 2.34. The minimum absolute atomic E-state index is 0.227. The van der Waals surface area contributed by atoms with Gasteiger partial charge in [-0.25, -0.2) is 14.1 Å². The summed E-state index contributed by atoms with van der Waals surface area (Å²) in [6, 6.07) is 53.8. The molecular weight excluding hydrogens is 1270 g/mol. The van der Waals surface area contributed by atoms with Gasteiger partial charge in [0.25, 0.3) is 0 Å². The van der Waals surface area contributed by atoms with Gasteiger partial charge in [-0.15, -0.1) is 15.3 Å². The van der Waals surface area contributed by atoms with Gasteiger partial charge in [0.2, 0.25) is 5.82 Å². The van der Waals surface area contributed by atoms with Crippen molar-refractivity contribution < 1.29 is 4.39 Å². The zero-order chi connectivity index (χ0) is 70.0. The Labute approximate surface area is 593 Å². The van der Waals surface area contributed by atoms with Crippen molar-refractivity contribution in [3.8, 4) is 97.1 Å². The lowest BCUT2D eigenvalue weighted by atomic mass is 9.98. The van der Waals surface area contributed by atoms with Crippen LogP contribution in [0.15, 0.2) is 177 Å². The van der Waals surface area contributed by atoms with Gasteiger partial charge in [0.15, 0.2) is 11.6 Å². The third-order valence-corrected chi connectivity index (χ3v) is 21.1. The number of fused-ring (bicyclic) bond motifs is 15. The van der Waals surface area contributed by atoms with Crippen molar-refractivity contribution in [2.45, 2.75) is 59.4 Å². The summed E-state index contributed by atoms with van der Waals surface area (Å²) in [5.74, 6) is 4.85. The first-order chi connectivity index (χ1) is 49.5. The SMILES string of the molecule is C[C@@H]1CN(c2ccc3c(c2)Cn2cc(-c4ccc(C#N)cc4)cc2-c2nncn2-3)C[C@@H]1CN(C)C.C[C@@H]1CN(c2ccc3c(c2)Cn2cc(-c4ccc(C#N)cc4)cc2-c2nnnn2-3)C[C@H](C)N1.C[C@H]1CN(c2ccc3c(c2)Cn2cc(-c4ccc(F)cc4)cc2-c2ncnn2-3)C[C@H]1CN(C)C. The summed E-state index contributed by atoms with van der Waals surface area (Å²) < 4.78 is 26.0. The number of halogens is 1. The van der Waals surface area contributed by atoms with Crippen molar-refractivity contribution in [1.82, 2.24) is 78.6 Å². The second kappa shape index (κ2) is 27.0. The van der Waals surface area contributed by atoms with E-state index in [0.717, 1.165) is 157 Å². The molecule has 3 fully saturated rings. The molecule has 6 atom stereocenters. The van der Waals surface area contributed by atoms with E-state index in [-0.39, 0.29) is 5.82 Å². The lowest BCUT2D eigenvalue weighted by molar-refractivity contribution is 0.301. The number of anilines is 3. The van der Waals surface area contributed by atoms with Crippen LogP contribution in [-0.2, 0) is 19.6 Å². The van der Waals surface area contributed by atoms with Gasteiger partial charge in [-0.3, -0.25) is 4.57 Å². The standard InChI is InChI=1S/C28H29N7.C27H29FN6.C25H24N8/c1-19-13-33(17-24(19)14-32(2)3)25-8-9-26-23(10-25)16-34-15-22(21-6-4-20(12-29)5-7-21)11-27(34)28-31-30-18-35(26)28;1-18-12-32(16-22(18)13-31(2)3)24-8-9-25-21(10-24)15-33-14-20(19-4-6-23(28)7-5-19)11-26(33)27-29-17-30-34(25)27;1-16-12-31(13-17(2)27-16)22-7-8-23-21(9-22)15-32-14-20(19-5-3-18(11-26)4-6-19)10-24(32)25-28-29-30-33(23)25/h4-11,15,18-19,24H,13-14,16-17H2,1-3H3;4-11,14,17-18,22H,12-13,15-16H2,1-3H3;3-10,14,16-17,27H,12-13,15H2,1-2H3/t19-,24+;18-,22+;16-,17+/m10./s1. The van der Waals surface area contributed by atoms with Gasteiger partial charge in [-0.1, -0.05) is 50.2 Å². The third-order valence-electron chi connectivity index (χ3n) is 21.1. The van der Waals surface area contributed by atoms with Gasteiger partial charge in [-0.05, 0) is 219 Å². The van der Waals surface area contributed by atoms with Gasteiger partial charge in [0.1, 0.15) is 18.5 Å². The van der Waals surface area contributed by atoms with Crippen LogP contribution in [0.25, 0.3) is 85.0 Å². The van der Waals surface area contributed by atoms with Crippen LogP contribution in [0.3, 0.4) is 0 Å². The lowest BCUT2D eigenvalue weighted by Crippen LogP contribution is -2.54. The topological polar surface area (TPSA) is 196 Å². The molecule has 514 valence electrons. The number of tetrazole rings is 1. The Kier molecular flexibility index (Phi) is 17.3. The summed E-state index contributed by atoms with van der Waals surface area (Å²) in [4.78, 5) is 16.7. The first-order valence-corrected chi connectivity index (χ1v) is 35.2. The Morgan fingerprint density at radius 1 is 0.480 bits per heavy atom. The second-order valence-electron chi connectivity index (χ2n) is 29.2. The monoisotopic (exact) mass is 1360 g/mol. The molecule has 0 bridgehead atoms. The molecule has 22 heteroatoms. The van der Waals surface area contributed by atoms with Crippen LogP contribution in [0.2, 0.25) is 0 Å². The number of benzene rings is 6. The van der Waals surface area contributed by atoms with Crippen LogP contribution in [0.1, 0.15) is 55.5 Å². The van der Waals surface area contributed by atoms with Gasteiger partial charge in [0, 0.05) is 136 Å². The summed E-state index contributed by atoms with van der Waals surface area (Å²) in [6.07, 6.45) is 9.88. The Bertz CT molecular complexity index is 5140. The fourth-order valence-electron chi connectivity index (χ4n) is 16.1. The summed E-state index contributed by atoms with van der Waals surface area (Å²) in [6.45, 7) is 20.0. The molecule has 18 rings (SSSR count). The van der Waals surface area contributed by atoms with Crippen molar-refractivity contribution in [3.05, 3.63) is 210 Å². The van der Waals surface area contributed by atoms with Gasteiger partial charge >= 0.3 is 0 Å². The largest absolute Gasteiger partial charge is 0.371 e. The number of nitrogens with one attached hydrogen (secondary N) is 1. The van der Waals surface area contributed by atoms with E-state index >= 15 is 0 Å². The number of hydrogen-bond donors (Lipinski definition) is 1. The molecule has 6 aliphatic heterocycles. The Morgan fingerprint density at radius 2 is 0.922 bits per heavy atom. The fraction of sp³-hybridized carbons (Fsp3) is 0.312. The van der Waals surface area contributed by atoms with Gasteiger partial charge in [-0.2, -0.15) is 20.3 Å². The predicted octanol–water partition coefficient (Wildman–Crippen LogP) is 12.0. The Balaban J connectivity index is 0.000000118. The highest BCUT2D eigenvalue weighted by Crippen LogP contribution is 2.41. The van der Waals surface area contributed by atoms with Crippen LogP contribution >= 0.6 is 0 Å². The number of piperazine rings is 1. The van der Waals surface area contributed by atoms with E-state index in [4.69, 9.17) is 10.5 Å². The summed E-state index contributed by atoms with van der Waals surface area (Å²) in [5.41, 5.74) is 21.4. The number of rotatable bonds is 10. The third kappa shape index (κ3) is 12.7. The molecule has 3 saturated heterocycles. The summed E-state index contributed by atoms with van der Waals surface area (Å²) in [7, 11) is 8.63. The molecule has 0 amide bonds.